The largest absolute Gasteiger partial charge is 0.497 e. The minimum Gasteiger partial charge on any atom is -0.497 e. The molecule has 0 bridgehead atoms. The van der Waals surface area contributed by atoms with Crippen LogP contribution >= 0.6 is 0 Å². The van der Waals surface area contributed by atoms with Gasteiger partial charge in [0.2, 0.25) is 5.91 Å². The zero-order valence-electron chi connectivity index (χ0n) is 15.3. The Labute approximate surface area is 144 Å². The van der Waals surface area contributed by atoms with Gasteiger partial charge in [0.05, 0.1) is 26.4 Å². The Hall–Kier alpha value is -1.85. The van der Waals surface area contributed by atoms with Crippen LogP contribution in [-0.4, -0.2) is 49.8 Å². The van der Waals surface area contributed by atoms with Crippen LogP contribution in [0.15, 0.2) is 36.4 Å². The monoisotopic (exact) mass is 335 g/mol. The fourth-order valence-corrected chi connectivity index (χ4v) is 1.98. The Morgan fingerprint density at radius 2 is 1.92 bits per heavy atom. The molecule has 1 amide bonds. The molecule has 0 fully saturated rings. The molecule has 1 rings (SSSR count). The zero-order chi connectivity index (χ0) is 18.2. The number of aliphatic hydroxyl groups excluding tert-OH is 1. The van der Waals surface area contributed by atoms with Crippen molar-refractivity contribution in [3.63, 3.8) is 0 Å². The van der Waals surface area contributed by atoms with Gasteiger partial charge in [-0.3, -0.25) is 4.79 Å². The molecule has 0 spiro atoms. The average Bonchev–Trinajstić information content (AvgIpc) is 2.54. The first-order chi connectivity index (χ1) is 11.3. The maximum atomic E-state index is 11.6. The lowest BCUT2D eigenvalue weighted by Gasteiger charge is -2.27. The van der Waals surface area contributed by atoms with E-state index in [0.717, 1.165) is 11.3 Å². The molecular weight excluding hydrogens is 306 g/mol. The minimum atomic E-state index is -0.651. The van der Waals surface area contributed by atoms with E-state index in [0.29, 0.717) is 13.0 Å². The molecule has 1 aromatic rings. The van der Waals surface area contributed by atoms with Crippen molar-refractivity contribution < 1.29 is 19.4 Å². The van der Waals surface area contributed by atoms with Gasteiger partial charge in [0, 0.05) is 25.9 Å². The summed E-state index contributed by atoms with van der Waals surface area (Å²) in [6.45, 7) is 4.50. The van der Waals surface area contributed by atoms with Crippen molar-refractivity contribution in [2.75, 3.05) is 27.8 Å². The smallest absolute Gasteiger partial charge is 0.225 e. The van der Waals surface area contributed by atoms with Crippen LogP contribution in [0, 0.1) is 5.41 Å². The Morgan fingerprint density at radius 1 is 1.29 bits per heavy atom. The highest BCUT2D eigenvalue weighted by Gasteiger charge is 2.25. The number of carbonyl (C=O) groups is 1. The topological polar surface area (TPSA) is 59.0 Å². The number of amides is 1. The molecule has 0 aliphatic rings. The summed E-state index contributed by atoms with van der Waals surface area (Å²) in [5.74, 6) is 0.838. The second-order valence-electron chi connectivity index (χ2n) is 6.60. The third-order valence-electron chi connectivity index (χ3n) is 3.90. The fourth-order valence-electron chi connectivity index (χ4n) is 1.98. The highest BCUT2D eigenvalue weighted by atomic mass is 16.5. The molecule has 0 aliphatic carbocycles. The second-order valence-corrected chi connectivity index (χ2v) is 6.60. The van der Waals surface area contributed by atoms with Gasteiger partial charge in [0.25, 0.3) is 0 Å². The van der Waals surface area contributed by atoms with Crippen molar-refractivity contribution in [1.82, 2.24) is 4.90 Å². The van der Waals surface area contributed by atoms with E-state index < -0.39 is 11.5 Å². The maximum Gasteiger partial charge on any atom is 0.225 e. The molecule has 0 saturated carbocycles. The van der Waals surface area contributed by atoms with E-state index in [1.807, 2.05) is 44.2 Å². The standard InChI is InChI=1S/C19H29NO4/c1-19(2,12-6-7-18(22)20(3)4)17(21)14-24-13-15-8-10-16(23-5)11-9-15/h6,8-12,17,21H,7,13-14H2,1-5H3/b12-6+. The van der Waals surface area contributed by atoms with Crippen molar-refractivity contribution in [2.24, 2.45) is 5.41 Å². The second kappa shape index (κ2) is 9.45. The summed E-state index contributed by atoms with van der Waals surface area (Å²) in [7, 11) is 5.08. The van der Waals surface area contributed by atoms with Crippen molar-refractivity contribution in [3.05, 3.63) is 42.0 Å². The molecule has 0 heterocycles. The van der Waals surface area contributed by atoms with Gasteiger partial charge in [-0.25, -0.2) is 0 Å². The molecule has 5 nitrogen and oxygen atoms in total. The molecule has 0 saturated heterocycles. The first-order valence-corrected chi connectivity index (χ1v) is 8.03. The number of rotatable bonds is 9. The van der Waals surface area contributed by atoms with Gasteiger partial charge in [0.1, 0.15) is 5.75 Å². The third kappa shape index (κ3) is 6.72. The molecule has 134 valence electrons. The Bertz CT molecular complexity index is 535. The average molecular weight is 335 g/mol. The van der Waals surface area contributed by atoms with E-state index in [2.05, 4.69) is 0 Å². The molecule has 1 atom stereocenters. The van der Waals surface area contributed by atoms with Crippen LogP contribution < -0.4 is 4.74 Å². The van der Waals surface area contributed by atoms with Gasteiger partial charge in [-0.15, -0.1) is 0 Å². The van der Waals surface area contributed by atoms with Crippen LogP contribution in [-0.2, 0) is 16.1 Å². The Morgan fingerprint density at radius 3 is 2.46 bits per heavy atom. The van der Waals surface area contributed by atoms with E-state index in [-0.39, 0.29) is 12.5 Å². The van der Waals surface area contributed by atoms with E-state index in [9.17, 15) is 9.90 Å². The summed E-state index contributed by atoms with van der Waals surface area (Å²) in [6, 6.07) is 7.62. The molecule has 24 heavy (non-hydrogen) atoms. The minimum absolute atomic E-state index is 0.0345. The summed E-state index contributed by atoms with van der Waals surface area (Å²) in [4.78, 5) is 13.1. The first-order valence-electron chi connectivity index (χ1n) is 8.03. The van der Waals surface area contributed by atoms with Crippen molar-refractivity contribution in [1.29, 1.82) is 0 Å². The van der Waals surface area contributed by atoms with E-state index in [1.165, 1.54) is 0 Å². The number of aliphatic hydroxyl groups is 1. The summed E-state index contributed by atoms with van der Waals surface area (Å²) in [6.07, 6.45) is 3.35. The molecule has 1 unspecified atom stereocenters. The number of methoxy groups -OCH3 is 1. The molecule has 1 aromatic carbocycles. The van der Waals surface area contributed by atoms with Crippen LogP contribution in [0.2, 0.25) is 0 Å². The van der Waals surface area contributed by atoms with Gasteiger partial charge < -0.3 is 19.5 Å². The lowest BCUT2D eigenvalue weighted by molar-refractivity contribution is -0.127. The maximum absolute atomic E-state index is 11.6. The first kappa shape index (κ1) is 20.2. The Kier molecular flexibility index (Phi) is 7.95. The quantitative estimate of drug-likeness (QED) is 0.705. The molecule has 0 aromatic heterocycles. The fraction of sp³-hybridized carbons (Fsp3) is 0.526. The molecule has 1 N–H and O–H groups in total. The molecule has 0 aliphatic heterocycles. The summed E-state index contributed by atoms with van der Waals surface area (Å²) in [5, 5.41) is 10.3. The number of nitrogens with zero attached hydrogens (tertiary/aromatic N) is 1. The van der Waals surface area contributed by atoms with Gasteiger partial charge in [-0.05, 0) is 17.7 Å². The number of carbonyl (C=O) groups excluding carboxylic acids is 1. The number of hydrogen-bond acceptors (Lipinski definition) is 4. The zero-order valence-corrected chi connectivity index (χ0v) is 15.3. The summed E-state index contributed by atoms with van der Waals surface area (Å²) in [5.41, 5.74) is 0.555. The predicted molar refractivity (Wildman–Crippen MR) is 94.9 cm³/mol. The highest BCUT2D eigenvalue weighted by Crippen LogP contribution is 2.23. The van der Waals surface area contributed by atoms with Gasteiger partial charge >= 0.3 is 0 Å². The number of benzene rings is 1. The Balaban J connectivity index is 2.42. The van der Waals surface area contributed by atoms with Crippen LogP contribution in [0.3, 0.4) is 0 Å². The van der Waals surface area contributed by atoms with Crippen LogP contribution in [0.1, 0.15) is 25.8 Å². The molecular formula is C19H29NO4. The lowest BCUT2D eigenvalue weighted by atomic mass is 9.86. The van der Waals surface area contributed by atoms with Gasteiger partial charge in [-0.1, -0.05) is 38.1 Å². The molecule has 5 heteroatoms. The third-order valence-corrected chi connectivity index (χ3v) is 3.90. The van der Waals surface area contributed by atoms with Crippen LogP contribution in [0.25, 0.3) is 0 Å². The van der Waals surface area contributed by atoms with E-state index in [4.69, 9.17) is 9.47 Å². The van der Waals surface area contributed by atoms with Crippen molar-refractivity contribution >= 4 is 5.91 Å². The normalized spacial score (nSPS) is 13.1. The highest BCUT2D eigenvalue weighted by molar-refractivity contribution is 5.77. The van der Waals surface area contributed by atoms with Crippen molar-refractivity contribution in [2.45, 2.75) is 33.0 Å². The SMILES string of the molecule is COc1ccc(COCC(O)C(C)(C)/C=C/CC(=O)N(C)C)cc1. The number of hydrogen-bond donors (Lipinski definition) is 1. The van der Waals surface area contributed by atoms with Gasteiger partial charge in [-0.2, -0.15) is 0 Å². The van der Waals surface area contributed by atoms with E-state index >= 15 is 0 Å². The summed E-state index contributed by atoms with van der Waals surface area (Å²) >= 11 is 0. The predicted octanol–water partition coefficient (Wildman–Crippen LogP) is 2.63. The summed E-state index contributed by atoms with van der Waals surface area (Å²) < 4.78 is 10.7. The van der Waals surface area contributed by atoms with Crippen molar-refractivity contribution in [3.8, 4) is 5.75 Å². The van der Waals surface area contributed by atoms with Gasteiger partial charge in [0.15, 0.2) is 0 Å². The van der Waals surface area contributed by atoms with Crippen LogP contribution in [0.4, 0.5) is 0 Å². The van der Waals surface area contributed by atoms with Crippen LogP contribution in [0.5, 0.6) is 5.75 Å². The number of ether oxygens (including phenoxy) is 2. The van der Waals surface area contributed by atoms with E-state index in [1.54, 1.807) is 32.2 Å². The molecule has 0 radical (unpaired) electrons. The lowest BCUT2D eigenvalue weighted by Crippen LogP contribution is -2.32.